The van der Waals surface area contributed by atoms with Crippen molar-refractivity contribution in [2.45, 2.75) is 6.17 Å². The smallest absolute Gasteiger partial charge is 0.166 e. The maximum absolute atomic E-state index is 5.08. The first kappa shape index (κ1) is 27.0. The Hall–Kier alpha value is -6.34. The van der Waals surface area contributed by atoms with E-state index < -0.39 is 0 Å². The standard InChI is InChI=1S/C40H27N7/c1-47-24-41-23-43-40(47)35-19-15-28-9-13-32(22-37(28)45-35)31-12-8-27-14-17-33(44-36(27)21-31)25-4-6-26(7-5-25)34-18-16-30-11-10-29-3-2-20-42-38(29)39(30)46-34/h2-24,40H,1H3. The fourth-order valence-electron chi connectivity index (χ4n) is 6.30. The fourth-order valence-corrected chi connectivity index (χ4v) is 6.30. The molecule has 0 aliphatic carbocycles. The van der Waals surface area contributed by atoms with Crippen molar-refractivity contribution in [3.8, 4) is 33.6 Å². The van der Waals surface area contributed by atoms with E-state index in [1.54, 1.807) is 12.7 Å². The van der Waals surface area contributed by atoms with Gasteiger partial charge in [0.25, 0.3) is 0 Å². The predicted octanol–water partition coefficient (Wildman–Crippen LogP) is 8.88. The fraction of sp³-hybridized carbons (Fsp3) is 0.0500. The lowest BCUT2D eigenvalue weighted by Gasteiger charge is -2.23. The summed E-state index contributed by atoms with van der Waals surface area (Å²) in [6.45, 7) is 0. The van der Waals surface area contributed by atoms with E-state index in [2.05, 4.69) is 124 Å². The highest BCUT2D eigenvalue weighted by Crippen LogP contribution is 2.31. The van der Waals surface area contributed by atoms with Crippen molar-refractivity contribution in [3.63, 3.8) is 0 Å². The molecule has 7 heteroatoms. The minimum atomic E-state index is -0.181. The number of rotatable bonds is 4. The van der Waals surface area contributed by atoms with Crippen LogP contribution in [0.1, 0.15) is 11.9 Å². The largest absolute Gasteiger partial charge is 0.339 e. The zero-order valence-electron chi connectivity index (χ0n) is 25.5. The third-order valence-electron chi connectivity index (χ3n) is 8.82. The van der Waals surface area contributed by atoms with Gasteiger partial charge in [-0.05, 0) is 47.5 Å². The van der Waals surface area contributed by atoms with Gasteiger partial charge in [-0.1, -0.05) is 84.9 Å². The van der Waals surface area contributed by atoms with Crippen LogP contribution in [-0.4, -0.2) is 44.6 Å². The van der Waals surface area contributed by atoms with Gasteiger partial charge in [0.15, 0.2) is 6.17 Å². The number of pyridine rings is 4. The summed E-state index contributed by atoms with van der Waals surface area (Å²) in [4.78, 5) is 30.2. The second-order valence-corrected chi connectivity index (χ2v) is 11.8. The average molecular weight is 606 g/mol. The van der Waals surface area contributed by atoms with E-state index in [4.69, 9.17) is 15.0 Å². The normalized spacial score (nSPS) is 14.5. The van der Waals surface area contributed by atoms with Crippen molar-refractivity contribution in [2.24, 2.45) is 9.98 Å². The molecule has 1 unspecified atom stereocenters. The first-order valence-corrected chi connectivity index (χ1v) is 15.5. The Morgan fingerprint density at radius 3 is 1.83 bits per heavy atom. The van der Waals surface area contributed by atoms with Gasteiger partial charge in [0.05, 0.1) is 45.5 Å². The molecule has 0 fully saturated rings. The number of aromatic nitrogens is 4. The number of benzene rings is 4. The van der Waals surface area contributed by atoms with Crippen molar-refractivity contribution in [1.29, 1.82) is 0 Å². The molecule has 1 atom stereocenters. The summed E-state index contributed by atoms with van der Waals surface area (Å²) in [5, 5.41) is 4.35. The van der Waals surface area contributed by atoms with Gasteiger partial charge in [0.2, 0.25) is 0 Å². The Balaban J connectivity index is 1.03. The van der Waals surface area contributed by atoms with Crippen LogP contribution in [0.3, 0.4) is 0 Å². The number of fused-ring (bicyclic) bond motifs is 5. The highest BCUT2D eigenvalue weighted by atomic mass is 15.3. The summed E-state index contributed by atoms with van der Waals surface area (Å²) < 4.78 is 0. The van der Waals surface area contributed by atoms with Crippen LogP contribution in [0.2, 0.25) is 0 Å². The van der Waals surface area contributed by atoms with E-state index >= 15 is 0 Å². The van der Waals surface area contributed by atoms with E-state index in [0.717, 1.165) is 82.9 Å². The quantitative estimate of drug-likeness (QED) is 0.187. The van der Waals surface area contributed by atoms with Crippen molar-refractivity contribution in [1.82, 2.24) is 24.8 Å². The summed E-state index contributed by atoms with van der Waals surface area (Å²) in [5.74, 6) is 0. The maximum Gasteiger partial charge on any atom is 0.166 e. The Morgan fingerprint density at radius 2 is 1.11 bits per heavy atom. The second kappa shape index (κ2) is 10.9. The van der Waals surface area contributed by atoms with Crippen LogP contribution in [-0.2, 0) is 0 Å². The van der Waals surface area contributed by atoms with Crippen LogP contribution in [0.15, 0.2) is 138 Å². The van der Waals surface area contributed by atoms with E-state index in [-0.39, 0.29) is 6.17 Å². The summed E-state index contributed by atoms with van der Waals surface area (Å²) in [5.41, 5.74) is 10.7. The summed E-state index contributed by atoms with van der Waals surface area (Å²) in [6.07, 6.45) is 4.99. The molecule has 8 aromatic rings. The van der Waals surface area contributed by atoms with Gasteiger partial charge in [0.1, 0.15) is 6.34 Å². The molecular weight excluding hydrogens is 578 g/mol. The molecule has 0 bridgehead atoms. The molecule has 7 nitrogen and oxygen atoms in total. The molecule has 9 rings (SSSR count). The minimum Gasteiger partial charge on any atom is -0.339 e. The molecule has 1 aliphatic heterocycles. The third kappa shape index (κ3) is 4.85. The van der Waals surface area contributed by atoms with Gasteiger partial charge >= 0.3 is 0 Å². The van der Waals surface area contributed by atoms with Crippen LogP contribution in [0.5, 0.6) is 0 Å². The molecule has 0 saturated carbocycles. The number of hydrogen-bond acceptors (Lipinski definition) is 7. The molecule has 4 aromatic carbocycles. The molecule has 222 valence electrons. The molecule has 0 radical (unpaired) electrons. The van der Waals surface area contributed by atoms with Crippen LogP contribution in [0.25, 0.3) is 77.3 Å². The Morgan fingerprint density at radius 1 is 0.532 bits per heavy atom. The summed E-state index contributed by atoms with van der Waals surface area (Å²) >= 11 is 0. The van der Waals surface area contributed by atoms with Crippen LogP contribution < -0.4 is 0 Å². The lowest BCUT2D eigenvalue weighted by Crippen LogP contribution is -2.24. The second-order valence-electron chi connectivity index (χ2n) is 11.8. The van der Waals surface area contributed by atoms with Gasteiger partial charge in [-0.15, -0.1) is 0 Å². The maximum atomic E-state index is 5.08. The summed E-state index contributed by atoms with van der Waals surface area (Å²) in [6, 6.07) is 42.1. The number of nitrogens with zero attached hydrogens (tertiary/aromatic N) is 7. The number of aliphatic imine (C=N–C) groups is 2. The van der Waals surface area contributed by atoms with Gasteiger partial charge < -0.3 is 4.90 Å². The predicted molar refractivity (Wildman–Crippen MR) is 191 cm³/mol. The topological polar surface area (TPSA) is 79.5 Å². The van der Waals surface area contributed by atoms with Gasteiger partial charge in [-0.25, -0.2) is 24.9 Å². The Labute approximate surface area is 270 Å². The van der Waals surface area contributed by atoms with Gasteiger partial charge in [-0.2, -0.15) is 0 Å². The monoisotopic (exact) mass is 605 g/mol. The molecule has 0 amide bonds. The van der Waals surface area contributed by atoms with Crippen molar-refractivity contribution >= 4 is 56.3 Å². The molecule has 1 aliphatic rings. The van der Waals surface area contributed by atoms with E-state index in [1.165, 1.54) is 0 Å². The zero-order valence-corrected chi connectivity index (χ0v) is 25.5. The molecule has 0 saturated heterocycles. The van der Waals surface area contributed by atoms with Crippen molar-refractivity contribution in [2.75, 3.05) is 7.05 Å². The molecule has 0 spiro atoms. The first-order valence-electron chi connectivity index (χ1n) is 15.5. The van der Waals surface area contributed by atoms with Crippen molar-refractivity contribution in [3.05, 3.63) is 133 Å². The molecule has 5 heterocycles. The Kier molecular flexibility index (Phi) is 6.28. The molecule has 0 N–H and O–H groups in total. The van der Waals surface area contributed by atoms with E-state index in [1.807, 2.05) is 30.3 Å². The lowest BCUT2D eigenvalue weighted by atomic mass is 10.0. The first-order chi connectivity index (χ1) is 23.2. The van der Waals surface area contributed by atoms with E-state index in [9.17, 15) is 0 Å². The lowest BCUT2D eigenvalue weighted by molar-refractivity contribution is 0.388. The highest BCUT2D eigenvalue weighted by Gasteiger charge is 2.17. The SMILES string of the molecule is CN1C=NC=NC1c1ccc2ccc(-c3ccc4ccc(-c5ccc(-c6ccc7ccc8cccnc8c7n6)cc5)nc4c3)cc2n1. The highest BCUT2D eigenvalue weighted by molar-refractivity contribution is 6.03. The molecule has 4 aromatic heterocycles. The summed E-state index contributed by atoms with van der Waals surface area (Å²) in [7, 11) is 1.96. The minimum absolute atomic E-state index is 0.181. The average Bonchev–Trinajstić information content (AvgIpc) is 3.14. The zero-order chi connectivity index (χ0) is 31.3. The third-order valence-corrected chi connectivity index (χ3v) is 8.82. The van der Waals surface area contributed by atoms with Gasteiger partial charge in [0, 0.05) is 45.9 Å². The van der Waals surface area contributed by atoms with Crippen molar-refractivity contribution < 1.29 is 0 Å². The van der Waals surface area contributed by atoms with Crippen LogP contribution in [0.4, 0.5) is 0 Å². The molecule has 47 heavy (non-hydrogen) atoms. The van der Waals surface area contributed by atoms with Gasteiger partial charge in [-0.3, -0.25) is 4.98 Å². The van der Waals surface area contributed by atoms with E-state index in [0.29, 0.717) is 0 Å². The number of hydrogen-bond donors (Lipinski definition) is 0. The molecular formula is C40H27N7. The van der Waals surface area contributed by atoms with Crippen LogP contribution >= 0.6 is 0 Å². The van der Waals surface area contributed by atoms with Crippen LogP contribution in [0, 0.1) is 0 Å². The Bertz CT molecular complexity index is 2560.